The number of aliphatic hydroxyl groups is 1. The highest BCUT2D eigenvalue weighted by Gasteiger charge is 2.15. The zero-order chi connectivity index (χ0) is 10.4. The number of hydrogen-bond acceptors (Lipinski definition) is 2. The average molecular weight is 189 g/mol. The number of benzene rings is 1. The Bertz CT molecular complexity index is 340. The van der Waals surface area contributed by atoms with Gasteiger partial charge in [0.2, 0.25) is 0 Å². The van der Waals surface area contributed by atoms with E-state index in [-0.39, 0.29) is 6.54 Å². The van der Waals surface area contributed by atoms with E-state index in [1.54, 1.807) is 24.3 Å². The first-order valence-electron chi connectivity index (χ1n) is 4.20. The number of carbonyl (C=O) groups is 1. The SMILES string of the molecule is C#CCNC(=O)[C@@H](O)c1ccccc1. The Morgan fingerprint density at radius 2 is 2.14 bits per heavy atom. The van der Waals surface area contributed by atoms with Crippen LogP contribution in [-0.4, -0.2) is 17.6 Å². The number of aliphatic hydroxyl groups excluding tert-OH is 1. The molecule has 0 radical (unpaired) electrons. The molecule has 1 aromatic rings. The summed E-state index contributed by atoms with van der Waals surface area (Å²) in [5.74, 6) is 1.78. The molecule has 3 nitrogen and oxygen atoms in total. The molecule has 1 atom stereocenters. The molecule has 72 valence electrons. The minimum Gasteiger partial charge on any atom is -0.378 e. The van der Waals surface area contributed by atoms with Crippen LogP contribution >= 0.6 is 0 Å². The first-order chi connectivity index (χ1) is 6.75. The van der Waals surface area contributed by atoms with Gasteiger partial charge in [0.25, 0.3) is 5.91 Å². The minimum atomic E-state index is -1.15. The summed E-state index contributed by atoms with van der Waals surface area (Å²) in [5.41, 5.74) is 0.557. The second-order valence-corrected chi connectivity index (χ2v) is 2.74. The Hall–Kier alpha value is -1.79. The normalized spacial score (nSPS) is 11.4. The van der Waals surface area contributed by atoms with Crippen LogP contribution in [0.3, 0.4) is 0 Å². The van der Waals surface area contributed by atoms with Gasteiger partial charge in [0.1, 0.15) is 0 Å². The minimum absolute atomic E-state index is 0.128. The molecule has 0 aliphatic rings. The highest BCUT2D eigenvalue weighted by Crippen LogP contribution is 2.11. The van der Waals surface area contributed by atoms with E-state index in [4.69, 9.17) is 6.42 Å². The van der Waals surface area contributed by atoms with E-state index in [0.29, 0.717) is 5.56 Å². The Kier molecular flexibility index (Phi) is 3.71. The molecule has 0 saturated carbocycles. The van der Waals surface area contributed by atoms with E-state index in [1.165, 1.54) is 0 Å². The van der Waals surface area contributed by atoms with Crippen molar-refractivity contribution >= 4 is 5.91 Å². The molecule has 0 fully saturated rings. The van der Waals surface area contributed by atoms with Gasteiger partial charge in [-0.2, -0.15) is 0 Å². The highest BCUT2D eigenvalue weighted by atomic mass is 16.3. The lowest BCUT2D eigenvalue weighted by molar-refractivity contribution is -0.129. The Labute approximate surface area is 82.8 Å². The molecule has 0 aromatic heterocycles. The fourth-order valence-corrected chi connectivity index (χ4v) is 1.02. The summed E-state index contributed by atoms with van der Waals surface area (Å²) in [6.07, 6.45) is 3.82. The third-order valence-corrected chi connectivity index (χ3v) is 1.73. The van der Waals surface area contributed by atoms with Gasteiger partial charge in [-0.1, -0.05) is 36.3 Å². The first-order valence-corrected chi connectivity index (χ1v) is 4.20. The number of carbonyl (C=O) groups excluding carboxylic acids is 1. The van der Waals surface area contributed by atoms with Gasteiger partial charge < -0.3 is 10.4 Å². The predicted octanol–water partition coefficient (Wildman–Crippen LogP) is 0.469. The van der Waals surface area contributed by atoms with E-state index < -0.39 is 12.0 Å². The largest absolute Gasteiger partial charge is 0.378 e. The predicted molar refractivity (Wildman–Crippen MR) is 53.2 cm³/mol. The maximum Gasteiger partial charge on any atom is 0.254 e. The van der Waals surface area contributed by atoms with E-state index in [2.05, 4.69) is 11.2 Å². The van der Waals surface area contributed by atoms with Crippen molar-refractivity contribution in [3.05, 3.63) is 35.9 Å². The summed E-state index contributed by atoms with van der Waals surface area (Å²) in [6, 6.07) is 8.69. The van der Waals surface area contributed by atoms with Crippen molar-refractivity contribution in [3.63, 3.8) is 0 Å². The molecule has 0 saturated heterocycles. The molecule has 2 N–H and O–H groups in total. The number of nitrogens with one attached hydrogen (secondary N) is 1. The third kappa shape index (κ3) is 2.61. The summed E-state index contributed by atoms with van der Waals surface area (Å²) < 4.78 is 0. The molecule has 0 aliphatic carbocycles. The Morgan fingerprint density at radius 3 is 2.71 bits per heavy atom. The number of rotatable bonds is 3. The molecular weight excluding hydrogens is 178 g/mol. The summed E-state index contributed by atoms with van der Waals surface area (Å²) in [5, 5.41) is 11.9. The lowest BCUT2D eigenvalue weighted by Gasteiger charge is -2.09. The zero-order valence-corrected chi connectivity index (χ0v) is 7.60. The first kappa shape index (κ1) is 10.3. The fourth-order valence-electron chi connectivity index (χ4n) is 1.02. The van der Waals surface area contributed by atoms with Gasteiger partial charge in [-0.15, -0.1) is 6.42 Å². The van der Waals surface area contributed by atoms with E-state index in [0.717, 1.165) is 0 Å². The molecule has 1 amide bonds. The van der Waals surface area contributed by atoms with Crippen LogP contribution in [0.1, 0.15) is 11.7 Å². The van der Waals surface area contributed by atoms with E-state index >= 15 is 0 Å². The van der Waals surface area contributed by atoms with Crippen LogP contribution in [0.25, 0.3) is 0 Å². The van der Waals surface area contributed by atoms with Crippen molar-refractivity contribution < 1.29 is 9.90 Å². The topological polar surface area (TPSA) is 49.3 Å². The summed E-state index contributed by atoms with van der Waals surface area (Å²) >= 11 is 0. The Balaban J connectivity index is 2.62. The molecule has 14 heavy (non-hydrogen) atoms. The van der Waals surface area contributed by atoms with Gasteiger partial charge in [0.15, 0.2) is 6.10 Å². The van der Waals surface area contributed by atoms with Crippen LogP contribution in [-0.2, 0) is 4.79 Å². The van der Waals surface area contributed by atoms with Crippen LogP contribution in [0.2, 0.25) is 0 Å². The molecule has 0 aliphatic heterocycles. The van der Waals surface area contributed by atoms with Crippen molar-refractivity contribution in [3.8, 4) is 12.3 Å². The fraction of sp³-hybridized carbons (Fsp3) is 0.182. The van der Waals surface area contributed by atoms with Gasteiger partial charge in [0, 0.05) is 0 Å². The van der Waals surface area contributed by atoms with Crippen LogP contribution < -0.4 is 5.32 Å². The number of amides is 1. The van der Waals surface area contributed by atoms with Gasteiger partial charge in [-0.3, -0.25) is 4.79 Å². The van der Waals surface area contributed by atoms with Gasteiger partial charge >= 0.3 is 0 Å². The van der Waals surface area contributed by atoms with Gasteiger partial charge in [0.05, 0.1) is 6.54 Å². The van der Waals surface area contributed by atoms with E-state index in [9.17, 15) is 9.90 Å². The standard InChI is InChI=1S/C11H11NO2/c1-2-8-12-11(14)10(13)9-6-4-3-5-7-9/h1,3-7,10,13H,8H2,(H,12,14)/t10-/m0/s1. The molecule has 1 aromatic carbocycles. The van der Waals surface area contributed by atoms with Crippen molar-refractivity contribution in [1.29, 1.82) is 0 Å². The average Bonchev–Trinajstić information content (AvgIpc) is 2.26. The maximum atomic E-state index is 11.2. The molecular formula is C11H11NO2. The van der Waals surface area contributed by atoms with Crippen LogP contribution in [0.15, 0.2) is 30.3 Å². The Morgan fingerprint density at radius 1 is 1.50 bits per heavy atom. The third-order valence-electron chi connectivity index (χ3n) is 1.73. The smallest absolute Gasteiger partial charge is 0.254 e. The molecule has 0 unspecified atom stereocenters. The summed E-state index contributed by atoms with van der Waals surface area (Å²) in [7, 11) is 0. The van der Waals surface area contributed by atoms with Crippen molar-refractivity contribution in [2.24, 2.45) is 0 Å². The lowest BCUT2D eigenvalue weighted by atomic mass is 10.1. The monoisotopic (exact) mass is 189 g/mol. The molecule has 0 bridgehead atoms. The number of hydrogen-bond donors (Lipinski definition) is 2. The molecule has 1 rings (SSSR count). The second-order valence-electron chi connectivity index (χ2n) is 2.74. The van der Waals surface area contributed by atoms with Crippen molar-refractivity contribution in [2.75, 3.05) is 6.54 Å². The van der Waals surface area contributed by atoms with Gasteiger partial charge in [-0.25, -0.2) is 0 Å². The zero-order valence-electron chi connectivity index (χ0n) is 7.60. The van der Waals surface area contributed by atoms with E-state index in [1.807, 2.05) is 6.07 Å². The highest BCUT2D eigenvalue weighted by molar-refractivity contribution is 5.82. The molecule has 0 heterocycles. The van der Waals surface area contributed by atoms with Crippen molar-refractivity contribution in [2.45, 2.75) is 6.10 Å². The van der Waals surface area contributed by atoms with Crippen LogP contribution in [0.5, 0.6) is 0 Å². The summed E-state index contributed by atoms with van der Waals surface area (Å²) in [4.78, 5) is 11.2. The summed E-state index contributed by atoms with van der Waals surface area (Å²) in [6.45, 7) is 0.128. The quantitative estimate of drug-likeness (QED) is 0.679. The van der Waals surface area contributed by atoms with Gasteiger partial charge in [-0.05, 0) is 5.56 Å². The molecule has 0 spiro atoms. The molecule has 3 heteroatoms. The number of terminal acetylenes is 1. The maximum absolute atomic E-state index is 11.2. The lowest BCUT2D eigenvalue weighted by Crippen LogP contribution is -2.29. The van der Waals surface area contributed by atoms with Crippen LogP contribution in [0.4, 0.5) is 0 Å². The van der Waals surface area contributed by atoms with Crippen LogP contribution in [0, 0.1) is 12.3 Å². The van der Waals surface area contributed by atoms with Crippen molar-refractivity contribution in [1.82, 2.24) is 5.32 Å². The second kappa shape index (κ2) is 5.05.